The molecule has 5 heteroatoms. The first kappa shape index (κ1) is 17.5. The van der Waals surface area contributed by atoms with Crippen LogP contribution in [0.1, 0.15) is 13.0 Å². The van der Waals surface area contributed by atoms with E-state index in [1.165, 1.54) is 0 Å². The molecule has 1 amide bonds. The highest BCUT2D eigenvalue weighted by Gasteiger charge is 2.22. The van der Waals surface area contributed by atoms with Crippen molar-refractivity contribution in [1.29, 1.82) is 0 Å². The molecule has 0 spiro atoms. The molecule has 25 heavy (non-hydrogen) atoms. The highest BCUT2D eigenvalue weighted by Crippen LogP contribution is 2.23. The third-order valence-electron chi connectivity index (χ3n) is 3.89. The number of rotatable bonds is 4. The van der Waals surface area contributed by atoms with Crippen LogP contribution in [0.25, 0.3) is 11.1 Å². The molecule has 1 N–H and O–H groups in total. The monoisotopic (exact) mass is 371 g/mol. The van der Waals surface area contributed by atoms with Gasteiger partial charge in [0, 0.05) is 34.3 Å². The molecule has 3 nitrogen and oxygen atoms in total. The quantitative estimate of drug-likeness (QED) is 0.632. The van der Waals surface area contributed by atoms with Crippen molar-refractivity contribution < 1.29 is 9.36 Å². The maximum atomic E-state index is 12.6. The zero-order valence-corrected chi connectivity index (χ0v) is 15.1. The van der Waals surface area contributed by atoms with Gasteiger partial charge in [0.05, 0.1) is 0 Å². The number of carbonyl (C=O) groups is 1. The lowest BCUT2D eigenvalue weighted by Gasteiger charge is -2.10. The molecule has 3 aromatic rings. The number of anilines is 1. The Labute approximate surface area is 156 Å². The molecule has 0 fully saturated rings. The van der Waals surface area contributed by atoms with Gasteiger partial charge >= 0.3 is 0 Å². The van der Waals surface area contributed by atoms with E-state index in [1.54, 1.807) is 18.2 Å². The van der Waals surface area contributed by atoms with Crippen molar-refractivity contribution >= 4 is 34.8 Å². The summed E-state index contributed by atoms with van der Waals surface area (Å²) in [6, 6.07) is 18.6. The van der Waals surface area contributed by atoms with Gasteiger partial charge in [0.15, 0.2) is 12.4 Å². The molecule has 126 valence electrons. The standard InChI is InChI=1S/C20H16Cl2N2O/c1-14(20(25)23-19-11-17(21)10-18(22)12-19)24-9-5-8-16(13-24)15-6-3-2-4-7-15/h2-14H,1H3/p+1/t14-/m1/s1. The lowest BCUT2D eigenvalue weighted by atomic mass is 10.1. The van der Waals surface area contributed by atoms with Crippen molar-refractivity contribution in [3.8, 4) is 11.1 Å². The number of amides is 1. The molecule has 1 heterocycles. The zero-order valence-electron chi connectivity index (χ0n) is 13.6. The van der Waals surface area contributed by atoms with Gasteiger partial charge in [0.1, 0.15) is 0 Å². The Kier molecular flexibility index (Phi) is 5.37. The van der Waals surface area contributed by atoms with Gasteiger partial charge in [0.25, 0.3) is 5.91 Å². The Morgan fingerprint density at radius 1 is 0.960 bits per heavy atom. The predicted molar refractivity (Wildman–Crippen MR) is 102 cm³/mol. The second-order valence-electron chi connectivity index (χ2n) is 5.73. The minimum Gasteiger partial charge on any atom is -0.320 e. The first-order chi connectivity index (χ1) is 12.0. The van der Waals surface area contributed by atoms with Gasteiger partial charge in [-0.05, 0) is 29.8 Å². The number of carbonyl (C=O) groups excluding carboxylic acids is 1. The van der Waals surface area contributed by atoms with E-state index in [0.29, 0.717) is 15.7 Å². The molecule has 0 saturated carbocycles. The summed E-state index contributed by atoms with van der Waals surface area (Å²) in [6.07, 6.45) is 3.84. The number of nitrogens with one attached hydrogen (secondary N) is 1. The Hall–Kier alpha value is -2.36. The van der Waals surface area contributed by atoms with Crippen LogP contribution in [0.4, 0.5) is 5.69 Å². The maximum Gasteiger partial charge on any atom is 0.293 e. The summed E-state index contributed by atoms with van der Waals surface area (Å²) in [6.45, 7) is 1.84. The second-order valence-corrected chi connectivity index (χ2v) is 6.60. The van der Waals surface area contributed by atoms with Gasteiger partial charge in [0.2, 0.25) is 6.04 Å². The number of hydrogen-bond acceptors (Lipinski definition) is 1. The van der Waals surface area contributed by atoms with Crippen molar-refractivity contribution in [1.82, 2.24) is 0 Å². The molecule has 0 saturated heterocycles. The minimum absolute atomic E-state index is 0.145. The van der Waals surface area contributed by atoms with E-state index in [9.17, 15) is 4.79 Å². The molecule has 0 aliphatic rings. The Morgan fingerprint density at radius 2 is 1.60 bits per heavy atom. The molecule has 1 atom stereocenters. The summed E-state index contributed by atoms with van der Waals surface area (Å²) in [5, 5.41) is 3.81. The molecule has 0 aliphatic carbocycles. The van der Waals surface area contributed by atoms with E-state index >= 15 is 0 Å². The van der Waals surface area contributed by atoms with E-state index < -0.39 is 0 Å². The number of halogens is 2. The summed E-state index contributed by atoms with van der Waals surface area (Å²) in [4.78, 5) is 12.6. The molecule has 1 aromatic heterocycles. The fraction of sp³-hybridized carbons (Fsp3) is 0.100. The van der Waals surface area contributed by atoms with Crippen LogP contribution in [0.3, 0.4) is 0 Å². The summed E-state index contributed by atoms with van der Waals surface area (Å²) in [5.41, 5.74) is 2.73. The van der Waals surface area contributed by atoms with Gasteiger partial charge in [-0.25, -0.2) is 0 Å². The summed E-state index contributed by atoms with van der Waals surface area (Å²) in [5.74, 6) is -0.145. The van der Waals surface area contributed by atoms with Crippen LogP contribution in [0.5, 0.6) is 0 Å². The highest BCUT2D eigenvalue weighted by molar-refractivity contribution is 6.35. The van der Waals surface area contributed by atoms with Gasteiger partial charge in [-0.15, -0.1) is 0 Å². The van der Waals surface area contributed by atoms with Gasteiger partial charge in [-0.2, -0.15) is 4.57 Å². The van der Waals surface area contributed by atoms with Crippen LogP contribution in [-0.2, 0) is 4.79 Å². The molecule has 3 rings (SSSR count). The second kappa shape index (κ2) is 7.68. The van der Waals surface area contributed by atoms with Crippen LogP contribution in [0.15, 0.2) is 73.1 Å². The summed E-state index contributed by atoms with van der Waals surface area (Å²) < 4.78 is 1.88. The number of hydrogen-bond donors (Lipinski definition) is 1. The van der Waals surface area contributed by atoms with Crippen LogP contribution in [-0.4, -0.2) is 5.91 Å². The molecule has 0 aliphatic heterocycles. The Balaban J connectivity index is 1.80. The largest absolute Gasteiger partial charge is 0.320 e. The topological polar surface area (TPSA) is 33.0 Å². The SMILES string of the molecule is C[C@H](C(=O)Nc1cc(Cl)cc(Cl)c1)[n+]1cccc(-c2ccccc2)c1. The van der Waals surface area contributed by atoms with Crippen molar-refractivity contribution in [3.63, 3.8) is 0 Å². The van der Waals surface area contributed by atoms with Crippen molar-refractivity contribution in [2.24, 2.45) is 0 Å². The van der Waals surface area contributed by atoms with E-state index in [1.807, 2.05) is 66.3 Å². The molecular weight excluding hydrogens is 355 g/mol. The third-order valence-corrected chi connectivity index (χ3v) is 4.32. The molecule has 0 radical (unpaired) electrons. The van der Waals surface area contributed by atoms with E-state index in [2.05, 4.69) is 5.32 Å². The van der Waals surface area contributed by atoms with Crippen LogP contribution in [0.2, 0.25) is 10.0 Å². The summed E-state index contributed by atoms with van der Waals surface area (Å²) in [7, 11) is 0. The fourth-order valence-electron chi connectivity index (χ4n) is 2.54. The minimum atomic E-state index is -0.388. The lowest BCUT2D eigenvalue weighted by Crippen LogP contribution is -2.44. The molecule has 2 aromatic carbocycles. The number of pyridine rings is 1. The number of aromatic nitrogens is 1. The van der Waals surface area contributed by atoms with Crippen molar-refractivity contribution in [2.45, 2.75) is 13.0 Å². The maximum absolute atomic E-state index is 12.6. The molecular formula is C20H17Cl2N2O+. The Morgan fingerprint density at radius 3 is 2.28 bits per heavy atom. The van der Waals surface area contributed by atoms with Crippen molar-refractivity contribution in [3.05, 3.63) is 83.1 Å². The van der Waals surface area contributed by atoms with Crippen LogP contribution >= 0.6 is 23.2 Å². The average Bonchev–Trinajstić information content (AvgIpc) is 2.61. The van der Waals surface area contributed by atoms with Crippen LogP contribution < -0.4 is 9.88 Å². The molecule has 0 bridgehead atoms. The fourth-order valence-corrected chi connectivity index (χ4v) is 3.07. The molecule has 0 unspecified atom stereocenters. The van der Waals surface area contributed by atoms with Gasteiger partial charge < -0.3 is 5.32 Å². The Bertz CT molecular complexity index is 877. The van der Waals surface area contributed by atoms with E-state index in [4.69, 9.17) is 23.2 Å². The third kappa shape index (κ3) is 4.38. The first-order valence-corrected chi connectivity index (χ1v) is 8.62. The normalized spacial score (nSPS) is 11.8. The van der Waals surface area contributed by atoms with Crippen LogP contribution in [0, 0.1) is 0 Å². The van der Waals surface area contributed by atoms with E-state index in [-0.39, 0.29) is 11.9 Å². The lowest BCUT2D eigenvalue weighted by molar-refractivity contribution is -0.705. The number of nitrogens with zero attached hydrogens (tertiary/aromatic N) is 1. The summed E-state index contributed by atoms with van der Waals surface area (Å²) >= 11 is 12.0. The van der Waals surface area contributed by atoms with Crippen molar-refractivity contribution in [2.75, 3.05) is 5.32 Å². The highest BCUT2D eigenvalue weighted by atomic mass is 35.5. The van der Waals surface area contributed by atoms with Gasteiger partial charge in [-0.3, -0.25) is 4.79 Å². The van der Waals surface area contributed by atoms with E-state index in [0.717, 1.165) is 11.1 Å². The van der Waals surface area contributed by atoms with Gasteiger partial charge in [-0.1, -0.05) is 53.5 Å². The zero-order chi connectivity index (χ0) is 17.8. The smallest absolute Gasteiger partial charge is 0.293 e. The number of benzene rings is 2. The average molecular weight is 372 g/mol. The first-order valence-electron chi connectivity index (χ1n) is 7.86. The predicted octanol–water partition coefficient (Wildman–Crippen LogP) is 5.15.